The molecule has 0 bridgehead atoms. The number of aliphatic carboxylic acids is 1. The van der Waals surface area contributed by atoms with E-state index in [-0.39, 0.29) is 6.04 Å². The van der Waals surface area contributed by atoms with Crippen LogP contribution >= 0.6 is 21.6 Å². The fourth-order valence-electron chi connectivity index (χ4n) is 1.36. The zero-order chi connectivity index (χ0) is 10.4. The maximum atomic E-state index is 10.9. The maximum absolute atomic E-state index is 10.9. The van der Waals surface area contributed by atoms with Crippen LogP contribution in [-0.2, 0) is 4.79 Å². The predicted molar refractivity (Wildman–Crippen MR) is 62.5 cm³/mol. The molecule has 0 aliphatic carbocycles. The molecule has 5 heteroatoms. The minimum Gasteiger partial charge on any atom is -0.480 e. The van der Waals surface area contributed by atoms with Crippen LogP contribution < -0.4 is 5.32 Å². The average molecular weight is 235 g/mol. The van der Waals surface area contributed by atoms with Gasteiger partial charge in [0.15, 0.2) is 0 Å². The summed E-state index contributed by atoms with van der Waals surface area (Å²) < 4.78 is 0. The first kappa shape index (κ1) is 12.2. The third-order valence-electron chi connectivity index (χ3n) is 2.18. The zero-order valence-corrected chi connectivity index (χ0v) is 10.00. The van der Waals surface area contributed by atoms with Gasteiger partial charge >= 0.3 is 5.97 Å². The van der Waals surface area contributed by atoms with Gasteiger partial charge in [-0.25, -0.2) is 0 Å². The monoisotopic (exact) mass is 235 g/mol. The Kier molecular flexibility index (Phi) is 5.74. The lowest BCUT2D eigenvalue weighted by Gasteiger charge is -2.17. The van der Waals surface area contributed by atoms with E-state index in [1.807, 2.05) is 10.8 Å². The van der Waals surface area contributed by atoms with E-state index in [0.29, 0.717) is 5.37 Å². The zero-order valence-electron chi connectivity index (χ0n) is 8.36. The van der Waals surface area contributed by atoms with Gasteiger partial charge in [-0.05, 0) is 12.8 Å². The number of nitrogens with one attached hydrogen (secondary N) is 1. The Hall–Kier alpha value is 0.130. The van der Waals surface area contributed by atoms with E-state index >= 15 is 0 Å². The molecule has 1 aliphatic rings. The van der Waals surface area contributed by atoms with Crippen molar-refractivity contribution in [2.75, 3.05) is 5.75 Å². The van der Waals surface area contributed by atoms with Gasteiger partial charge in [-0.2, -0.15) is 0 Å². The second kappa shape index (κ2) is 6.58. The van der Waals surface area contributed by atoms with Crippen molar-refractivity contribution in [2.45, 2.75) is 44.0 Å². The van der Waals surface area contributed by atoms with Crippen molar-refractivity contribution >= 4 is 27.6 Å². The highest BCUT2D eigenvalue weighted by Gasteiger charge is 2.23. The van der Waals surface area contributed by atoms with Crippen molar-refractivity contribution in [1.82, 2.24) is 5.32 Å². The molecule has 0 saturated carbocycles. The van der Waals surface area contributed by atoms with Crippen molar-refractivity contribution in [3.63, 3.8) is 0 Å². The number of rotatable bonds is 6. The first-order chi connectivity index (χ1) is 6.74. The van der Waals surface area contributed by atoms with E-state index in [0.717, 1.165) is 31.4 Å². The number of hydrogen-bond acceptors (Lipinski definition) is 4. The molecule has 1 saturated heterocycles. The molecule has 1 aliphatic heterocycles. The lowest BCUT2D eigenvalue weighted by atomic mass is 10.1. The summed E-state index contributed by atoms with van der Waals surface area (Å²) in [6, 6.07) is -0.355. The van der Waals surface area contributed by atoms with E-state index in [1.165, 1.54) is 0 Å². The van der Waals surface area contributed by atoms with E-state index in [2.05, 4.69) is 12.2 Å². The molecule has 0 aromatic rings. The van der Waals surface area contributed by atoms with Gasteiger partial charge in [-0.15, -0.1) is 0 Å². The number of unbranched alkanes of at least 4 members (excludes halogenated alkanes) is 1. The van der Waals surface area contributed by atoms with Crippen LogP contribution in [0.3, 0.4) is 0 Å². The Bertz CT molecular complexity index is 184. The smallest absolute Gasteiger partial charge is 0.320 e. The van der Waals surface area contributed by atoms with Crippen molar-refractivity contribution in [2.24, 2.45) is 0 Å². The van der Waals surface area contributed by atoms with Crippen molar-refractivity contribution < 1.29 is 9.90 Å². The Morgan fingerprint density at radius 1 is 1.71 bits per heavy atom. The van der Waals surface area contributed by atoms with Crippen LogP contribution in [0, 0.1) is 0 Å². The SMILES string of the molecule is CCCCC(NC1CCSS1)C(=O)O. The van der Waals surface area contributed by atoms with Gasteiger partial charge in [-0.3, -0.25) is 10.1 Å². The summed E-state index contributed by atoms with van der Waals surface area (Å²) in [6.07, 6.45) is 3.85. The molecule has 1 heterocycles. The summed E-state index contributed by atoms with van der Waals surface area (Å²) in [7, 11) is 3.58. The fourth-order valence-corrected chi connectivity index (χ4v) is 4.06. The third-order valence-corrected chi connectivity index (χ3v) is 4.93. The van der Waals surface area contributed by atoms with Crippen molar-refractivity contribution in [3.8, 4) is 0 Å². The highest BCUT2D eigenvalue weighted by molar-refractivity contribution is 8.77. The molecule has 0 aromatic carbocycles. The molecule has 14 heavy (non-hydrogen) atoms. The largest absolute Gasteiger partial charge is 0.480 e. The minimum atomic E-state index is -0.712. The fraction of sp³-hybridized carbons (Fsp3) is 0.889. The van der Waals surface area contributed by atoms with Crippen molar-refractivity contribution in [3.05, 3.63) is 0 Å². The standard InChI is InChI=1S/C9H17NO2S2/c1-2-3-4-7(9(11)12)10-8-5-6-13-14-8/h7-8,10H,2-6H2,1H3,(H,11,12). The number of carboxylic acids is 1. The molecule has 0 radical (unpaired) electrons. The van der Waals surface area contributed by atoms with Crippen LogP contribution in [0.5, 0.6) is 0 Å². The summed E-state index contributed by atoms with van der Waals surface area (Å²) in [4.78, 5) is 10.9. The molecule has 2 N–H and O–H groups in total. The van der Waals surface area contributed by atoms with Gasteiger partial charge in [0.1, 0.15) is 6.04 Å². The second-order valence-electron chi connectivity index (χ2n) is 3.40. The summed E-state index contributed by atoms with van der Waals surface area (Å²) in [5.74, 6) is 0.415. The lowest BCUT2D eigenvalue weighted by molar-refractivity contribution is -0.139. The minimum absolute atomic E-state index is 0.331. The first-order valence-electron chi connectivity index (χ1n) is 5.01. The highest BCUT2D eigenvalue weighted by atomic mass is 33.1. The molecular weight excluding hydrogens is 218 g/mol. The van der Waals surface area contributed by atoms with Gasteiger partial charge < -0.3 is 5.11 Å². The molecule has 1 fully saturated rings. The van der Waals surface area contributed by atoms with Crippen LogP contribution in [-0.4, -0.2) is 28.2 Å². The van der Waals surface area contributed by atoms with Gasteiger partial charge in [0, 0.05) is 5.75 Å². The Balaban J connectivity index is 2.30. The molecule has 2 unspecified atom stereocenters. The number of carboxylic acid groups (broad SMARTS) is 1. The summed E-state index contributed by atoms with van der Waals surface area (Å²) in [5.41, 5.74) is 0. The molecule has 82 valence electrons. The van der Waals surface area contributed by atoms with Crippen LogP contribution in [0.4, 0.5) is 0 Å². The second-order valence-corrected chi connectivity index (χ2v) is 6.09. The summed E-state index contributed by atoms with van der Waals surface area (Å²) in [6.45, 7) is 2.08. The number of carbonyl (C=O) groups is 1. The Morgan fingerprint density at radius 3 is 3.00 bits per heavy atom. The maximum Gasteiger partial charge on any atom is 0.320 e. The summed E-state index contributed by atoms with van der Waals surface area (Å²) in [5, 5.41) is 12.5. The van der Waals surface area contributed by atoms with Crippen LogP contribution in [0.15, 0.2) is 0 Å². The normalized spacial score (nSPS) is 23.6. The molecule has 3 nitrogen and oxygen atoms in total. The third kappa shape index (κ3) is 4.11. The predicted octanol–water partition coefficient (Wildman–Crippen LogP) is 2.33. The molecule has 0 amide bonds. The highest BCUT2D eigenvalue weighted by Crippen LogP contribution is 2.36. The molecule has 2 atom stereocenters. The average Bonchev–Trinajstić information content (AvgIpc) is 2.64. The van der Waals surface area contributed by atoms with E-state index in [1.54, 1.807) is 10.8 Å². The van der Waals surface area contributed by atoms with Gasteiger partial charge in [0.2, 0.25) is 0 Å². The van der Waals surface area contributed by atoms with Crippen molar-refractivity contribution in [1.29, 1.82) is 0 Å². The summed E-state index contributed by atoms with van der Waals surface area (Å²) >= 11 is 0. The first-order valence-corrected chi connectivity index (χ1v) is 7.39. The van der Waals surface area contributed by atoms with Gasteiger partial charge in [0.05, 0.1) is 5.37 Å². The molecule has 0 aromatic heterocycles. The van der Waals surface area contributed by atoms with Gasteiger partial charge in [-0.1, -0.05) is 41.4 Å². The lowest BCUT2D eigenvalue weighted by Crippen LogP contribution is -2.41. The van der Waals surface area contributed by atoms with Crippen LogP contribution in [0.25, 0.3) is 0 Å². The molecule has 1 rings (SSSR count). The van der Waals surface area contributed by atoms with E-state index < -0.39 is 5.97 Å². The Morgan fingerprint density at radius 2 is 2.50 bits per heavy atom. The van der Waals surface area contributed by atoms with Gasteiger partial charge in [0.25, 0.3) is 0 Å². The molecular formula is C9H17NO2S2. The molecule has 0 spiro atoms. The Labute approximate surface area is 92.8 Å². The van der Waals surface area contributed by atoms with Crippen LogP contribution in [0.1, 0.15) is 32.6 Å². The van der Waals surface area contributed by atoms with Crippen LogP contribution in [0.2, 0.25) is 0 Å². The topological polar surface area (TPSA) is 49.3 Å². The quantitative estimate of drug-likeness (QED) is 0.692. The van der Waals surface area contributed by atoms with E-state index in [4.69, 9.17) is 5.11 Å². The number of hydrogen-bond donors (Lipinski definition) is 2. The van der Waals surface area contributed by atoms with E-state index in [9.17, 15) is 4.79 Å².